The normalized spacial score (nSPS) is 20.4. The molecule has 1 unspecified atom stereocenters. The van der Waals surface area contributed by atoms with Gasteiger partial charge in [0, 0.05) is 25.3 Å². The van der Waals surface area contributed by atoms with Gasteiger partial charge in [0.05, 0.1) is 6.61 Å². The van der Waals surface area contributed by atoms with E-state index in [-0.39, 0.29) is 5.84 Å². The molecular formula is C14H21N3O2. The lowest BCUT2D eigenvalue weighted by molar-refractivity contribution is 0.0547. The van der Waals surface area contributed by atoms with E-state index in [1.807, 2.05) is 24.3 Å². The van der Waals surface area contributed by atoms with Crippen LogP contribution in [0.3, 0.4) is 0 Å². The fraction of sp³-hybridized carbons (Fsp3) is 0.500. The van der Waals surface area contributed by atoms with Crippen LogP contribution in [0.25, 0.3) is 0 Å². The summed E-state index contributed by atoms with van der Waals surface area (Å²) in [7, 11) is 0. The molecule has 19 heavy (non-hydrogen) atoms. The van der Waals surface area contributed by atoms with Crippen LogP contribution < -0.4 is 11.1 Å². The summed E-state index contributed by atoms with van der Waals surface area (Å²) in [6.07, 6.45) is 2.36. The maximum absolute atomic E-state index is 8.77. The second-order valence-electron chi connectivity index (χ2n) is 4.86. The Hall–Kier alpha value is -1.59. The topological polar surface area (TPSA) is 79.9 Å². The molecule has 0 amide bonds. The molecule has 5 heteroatoms. The molecule has 1 aliphatic rings. The molecule has 5 nitrogen and oxygen atoms in total. The van der Waals surface area contributed by atoms with Gasteiger partial charge in [0.15, 0.2) is 5.84 Å². The Kier molecular flexibility index (Phi) is 5.18. The second-order valence-corrected chi connectivity index (χ2v) is 4.86. The summed E-state index contributed by atoms with van der Waals surface area (Å²) in [6.45, 7) is 3.38. The predicted octanol–water partition coefficient (Wildman–Crippen LogP) is 1.30. The molecule has 1 aliphatic heterocycles. The van der Waals surface area contributed by atoms with Crippen LogP contribution in [0.15, 0.2) is 29.4 Å². The van der Waals surface area contributed by atoms with Gasteiger partial charge in [-0.05, 0) is 24.3 Å². The van der Waals surface area contributed by atoms with Crippen LogP contribution in [0.1, 0.15) is 24.0 Å². The van der Waals surface area contributed by atoms with Crippen molar-refractivity contribution in [3.63, 3.8) is 0 Å². The molecule has 1 heterocycles. The maximum Gasteiger partial charge on any atom is 0.170 e. The molecule has 1 aromatic carbocycles. The highest BCUT2D eigenvalue weighted by Crippen LogP contribution is 2.13. The number of nitrogens with one attached hydrogen (secondary N) is 1. The van der Waals surface area contributed by atoms with Crippen molar-refractivity contribution >= 4 is 5.84 Å². The first-order valence-corrected chi connectivity index (χ1v) is 6.65. The number of amidine groups is 1. The van der Waals surface area contributed by atoms with Crippen LogP contribution >= 0.6 is 0 Å². The number of nitrogens with two attached hydrogens (primary N) is 1. The smallest absolute Gasteiger partial charge is 0.170 e. The van der Waals surface area contributed by atoms with Gasteiger partial charge in [-0.25, -0.2) is 0 Å². The second kappa shape index (κ2) is 7.11. The van der Waals surface area contributed by atoms with Gasteiger partial charge in [-0.3, -0.25) is 0 Å². The molecule has 2 rings (SSSR count). The minimum Gasteiger partial charge on any atom is -0.409 e. The molecule has 0 aromatic heterocycles. The summed E-state index contributed by atoms with van der Waals surface area (Å²) in [4.78, 5) is 0. The Morgan fingerprint density at radius 3 is 3.05 bits per heavy atom. The Labute approximate surface area is 113 Å². The van der Waals surface area contributed by atoms with E-state index in [0.29, 0.717) is 12.5 Å². The largest absolute Gasteiger partial charge is 0.409 e. The number of nitrogens with zero attached hydrogens (tertiary/aromatic N) is 1. The number of oxime groups is 1. The van der Waals surface area contributed by atoms with Crippen molar-refractivity contribution < 1.29 is 9.94 Å². The summed E-state index contributed by atoms with van der Waals surface area (Å²) < 4.78 is 5.45. The number of benzene rings is 1. The monoisotopic (exact) mass is 263 g/mol. The van der Waals surface area contributed by atoms with Crippen molar-refractivity contribution in [3.8, 4) is 0 Å². The van der Waals surface area contributed by atoms with Gasteiger partial charge in [-0.1, -0.05) is 29.4 Å². The average molecular weight is 263 g/mol. The lowest BCUT2D eigenvalue weighted by Gasteiger charge is -2.22. The van der Waals surface area contributed by atoms with Crippen LogP contribution in [-0.4, -0.2) is 30.8 Å². The number of ether oxygens (including phenoxy) is 1. The fourth-order valence-electron chi connectivity index (χ4n) is 2.36. The first-order valence-electron chi connectivity index (χ1n) is 6.65. The van der Waals surface area contributed by atoms with Crippen molar-refractivity contribution in [2.24, 2.45) is 16.8 Å². The molecule has 0 bridgehead atoms. The summed E-state index contributed by atoms with van der Waals surface area (Å²) in [5, 5.41) is 15.3. The lowest BCUT2D eigenvalue weighted by atomic mass is 10.0. The highest BCUT2D eigenvalue weighted by Gasteiger charge is 2.13. The van der Waals surface area contributed by atoms with Crippen molar-refractivity contribution in [1.82, 2.24) is 5.32 Å². The third-order valence-electron chi connectivity index (χ3n) is 3.40. The van der Waals surface area contributed by atoms with Gasteiger partial charge >= 0.3 is 0 Å². The van der Waals surface area contributed by atoms with Crippen molar-refractivity contribution in [2.75, 3.05) is 19.8 Å². The van der Waals surface area contributed by atoms with Crippen molar-refractivity contribution in [1.29, 1.82) is 0 Å². The first-order chi connectivity index (χ1) is 9.31. The van der Waals surface area contributed by atoms with E-state index < -0.39 is 0 Å². The molecule has 0 saturated carbocycles. The highest BCUT2D eigenvalue weighted by atomic mass is 16.5. The third kappa shape index (κ3) is 3.94. The van der Waals surface area contributed by atoms with E-state index in [4.69, 9.17) is 15.7 Å². The molecule has 0 radical (unpaired) electrons. The van der Waals surface area contributed by atoms with Crippen molar-refractivity contribution in [3.05, 3.63) is 35.4 Å². The van der Waals surface area contributed by atoms with E-state index in [1.54, 1.807) is 0 Å². The van der Waals surface area contributed by atoms with E-state index in [9.17, 15) is 0 Å². The van der Waals surface area contributed by atoms with Crippen LogP contribution in [0.2, 0.25) is 0 Å². The molecule has 104 valence electrons. The summed E-state index contributed by atoms with van der Waals surface area (Å²) in [5.74, 6) is 0.739. The minimum absolute atomic E-state index is 0.151. The summed E-state index contributed by atoms with van der Waals surface area (Å²) >= 11 is 0. The Morgan fingerprint density at radius 2 is 2.32 bits per heavy atom. The van der Waals surface area contributed by atoms with Crippen molar-refractivity contribution in [2.45, 2.75) is 19.4 Å². The fourth-order valence-corrected chi connectivity index (χ4v) is 2.36. The number of rotatable bonds is 5. The van der Waals surface area contributed by atoms with Crippen LogP contribution in [0.4, 0.5) is 0 Å². The molecule has 1 aromatic rings. The van der Waals surface area contributed by atoms with Gasteiger partial charge in [0.2, 0.25) is 0 Å². The van der Waals surface area contributed by atoms with Crippen LogP contribution in [0.5, 0.6) is 0 Å². The zero-order valence-corrected chi connectivity index (χ0v) is 11.0. The standard InChI is InChI=1S/C14H21N3O2/c15-14(17-18)13-6-2-1-5-12(13)9-16-8-11-4-3-7-19-10-11/h1-2,5-6,11,16,18H,3-4,7-10H2,(H2,15,17). The molecule has 0 spiro atoms. The molecule has 1 fully saturated rings. The summed E-state index contributed by atoms with van der Waals surface area (Å²) in [6, 6.07) is 7.67. The molecule has 4 N–H and O–H groups in total. The number of hydrogen-bond acceptors (Lipinski definition) is 4. The van der Waals surface area contributed by atoms with Gasteiger partial charge in [-0.2, -0.15) is 0 Å². The quantitative estimate of drug-likeness (QED) is 0.324. The van der Waals surface area contributed by atoms with E-state index in [0.717, 1.165) is 37.3 Å². The SMILES string of the molecule is NC(=NO)c1ccccc1CNCC1CCCOC1. The van der Waals surface area contributed by atoms with Crippen LogP contribution in [0, 0.1) is 5.92 Å². The maximum atomic E-state index is 8.77. The average Bonchev–Trinajstić information content (AvgIpc) is 2.48. The Bertz CT molecular complexity index is 428. The van der Waals surface area contributed by atoms with Crippen LogP contribution in [-0.2, 0) is 11.3 Å². The number of hydrogen-bond donors (Lipinski definition) is 3. The van der Waals surface area contributed by atoms with Gasteiger partial charge in [0.25, 0.3) is 0 Å². The Balaban J connectivity index is 1.88. The van der Waals surface area contributed by atoms with Gasteiger partial charge in [-0.15, -0.1) is 0 Å². The zero-order chi connectivity index (χ0) is 13.5. The van der Waals surface area contributed by atoms with E-state index >= 15 is 0 Å². The van der Waals surface area contributed by atoms with E-state index in [2.05, 4.69) is 10.5 Å². The molecule has 0 aliphatic carbocycles. The summed E-state index contributed by atoms with van der Waals surface area (Å²) in [5.41, 5.74) is 7.47. The highest BCUT2D eigenvalue weighted by molar-refractivity contribution is 5.98. The van der Waals surface area contributed by atoms with Gasteiger partial charge in [0.1, 0.15) is 0 Å². The molecular weight excluding hydrogens is 242 g/mol. The third-order valence-corrected chi connectivity index (χ3v) is 3.40. The first kappa shape index (κ1) is 13.8. The molecule has 1 atom stereocenters. The molecule has 1 saturated heterocycles. The Morgan fingerprint density at radius 1 is 1.47 bits per heavy atom. The zero-order valence-electron chi connectivity index (χ0n) is 11.0. The minimum atomic E-state index is 0.151. The predicted molar refractivity (Wildman–Crippen MR) is 74.2 cm³/mol. The van der Waals surface area contributed by atoms with Gasteiger partial charge < -0.3 is 21.0 Å². The van der Waals surface area contributed by atoms with E-state index in [1.165, 1.54) is 6.42 Å². The lowest BCUT2D eigenvalue weighted by Crippen LogP contribution is -2.29.